The minimum Gasteiger partial charge on any atom is -0.326 e. The number of hydrogen-bond donors (Lipinski definition) is 1. The van der Waals surface area contributed by atoms with Crippen LogP contribution in [0.15, 0.2) is 36.4 Å². The predicted octanol–water partition coefficient (Wildman–Crippen LogP) is 4.95. The highest BCUT2D eigenvalue weighted by atomic mass is 35.5. The van der Waals surface area contributed by atoms with E-state index in [1.807, 2.05) is 26.0 Å². The van der Waals surface area contributed by atoms with E-state index in [2.05, 4.69) is 16.3 Å². The second-order valence-corrected chi connectivity index (χ2v) is 7.53. The Morgan fingerprint density at radius 2 is 1.92 bits per heavy atom. The highest BCUT2D eigenvalue weighted by molar-refractivity contribution is 6.30. The van der Waals surface area contributed by atoms with Crippen molar-refractivity contribution in [2.75, 3.05) is 18.4 Å². The largest absolute Gasteiger partial charge is 0.326 e. The third-order valence-electron chi connectivity index (χ3n) is 5.01. The number of nitrogens with zero attached hydrogens (tertiary/aromatic N) is 1. The van der Waals surface area contributed by atoms with Gasteiger partial charge >= 0.3 is 0 Å². The fourth-order valence-electron chi connectivity index (χ4n) is 3.43. The Bertz CT molecular complexity index is 801. The molecule has 0 aromatic heterocycles. The van der Waals surface area contributed by atoms with Gasteiger partial charge in [-0.2, -0.15) is 0 Å². The molecule has 0 saturated carbocycles. The van der Waals surface area contributed by atoms with Gasteiger partial charge in [0.25, 0.3) is 0 Å². The van der Waals surface area contributed by atoms with E-state index in [1.54, 1.807) is 12.1 Å². The van der Waals surface area contributed by atoms with Gasteiger partial charge in [0.2, 0.25) is 5.91 Å². The summed E-state index contributed by atoms with van der Waals surface area (Å²) in [6, 6.07) is 10.8. The maximum absolute atomic E-state index is 13.9. The highest BCUT2D eigenvalue weighted by Gasteiger charge is 2.25. The first-order valence-electron chi connectivity index (χ1n) is 8.97. The van der Waals surface area contributed by atoms with Crippen LogP contribution in [0.3, 0.4) is 0 Å². The van der Waals surface area contributed by atoms with E-state index in [0.29, 0.717) is 17.1 Å². The Kier molecular flexibility index (Phi) is 5.94. The summed E-state index contributed by atoms with van der Waals surface area (Å²) >= 11 is 5.80. The van der Waals surface area contributed by atoms with Crippen molar-refractivity contribution in [2.24, 2.45) is 5.92 Å². The number of likely N-dealkylation sites (tertiary alicyclic amines) is 1. The number of benzene rings is 2. The monoisotopic (exact) mass is 374 g/mol. The first-order chi connectivity index (χ1) is 12.4. The highest BCUT2D eigenvalue weighted by Crippen LogP contribution is 2.24. The van der Waals surface area contributed by atoms with Crippen molar-refractivity contribution in [3.8, 4) is 0 Å². The van der Waals surface area contributed by atoms with Crippen LogP contribution in [0.25, 0.3) is 0 Å². The van der Waals surface area contributed by atoms with Gasteiger partial charge < -0.3 is 5.32 Å². The van der Waals surface area contributed by atoms with Gasteiger partial charge in [0.05, 0.1) is 0 Å². The number of carbonyl (C=O) groups is 1. The second-order valence-electron chi connectivity index (χ2n) is 7.09. The maximum Gasteiger partial charge on any atom is 0.227 e. The van der Waals surface area contributed by atoms with Crippen LogP contribution in [0.2, 0.25) is 5.02 Å². The molecule has 0 aliphatic carbocycles. The lowest BCUT2D eigenvalue weighted by Crippen LogP contribution is -2.38. The number of amides is 1. The molecule has 0 radical (unpaired) electrons. The fourth-order valence-corrected chi connectivity index (χ4v) is 3.59. The van der Waals surface area contributed by atoms with Gasteiger partial charge in [0, 0.05) is 28.7 Å². The molecule has 5 heteroatoms. The number of rotatable bonds is 4. The number of hydrogen-bond acceptors (Lipinski definition) is 2. The third-order valence-corrected chi connectivity index (χ3v) is 5.24. The van der Waals surface area contributed by atoms with Gasteiger partial charge in [-0.05, 0) is 63.5 Å². The standard InChI is InChI=1S/C21H24ClFN2O/c1-14-3-6-20(15(2)11-14)24-21(26)16-7-9-25(10-8-16)13-17-4-5-18(22)12-19(17)23/h3-6,11-12,16H,7-10,13H2,1-2H3,(H,24,26). The molecule has 2 aromatic carbocycles. The summed E-state index contributed by atoms with van der Waals surface area (Å²) in [6.07, 6.45) is 1.57. The van der Waals surface area contributed by atoms with Crippen molar-refractivity contribution in [3.63, 3.8) is 0 Å². The molecule has 2 aromatic rings. The Morgan fingerprint density at radius 3 is 2.58 bits per heavy atom. The van der Waals surface area contributed by atoms with Crippen LogP contribution in [0.4, 0.5) is 10.1 Å². The van der Waals surface area contributed by atoms with E-state index < -0.39 is 0 Å². The third kappa shape index (κ3) is 4.63. The molecular formula is C21H24ClFN2O. The lowest BCUT2D eigenvalue weighted by atomic mass is 9.95. The van der Waals surface area contributed by atoms with Gasteiger partial charge in [-0.15, -0.1) is 0 Å². The van der Waals surface area contributed by atoms with Crippen molar-refractivity contribution in [3.05, 3.63) is 63.9 Å². The van der Waals surface area contributed by atoms with E-state index in [4.69, 9.17) is 11.6 Å². The SMILES string of the molecule is Cc1ccc(NC(=O)C2CCN(Cc3ccc(Cl)cc3F)CC2)c(C)c1. The summed E-state index contributed by atoms with van der Waals surface area (Å²) < 4.78 is 13.9. The van der Waals surface area contributed by atoms with Gasteiger partial charge in [0.15, 0.2) is 0 Å². The molecule has 1 amide bonds. The van der Waals surface area contributed by atoms with Gasteiger partial charge in [-0.25, -0.2) is 4.39 Å². The Labute approximate surface area is 159 Å². The quantitative estimate of drug-likeness (QED) is 0.821. The van der Waals surface area contributed by atoms with Crippen LogP contribution in [-0.4, -0.2) is 23.9 Å². The lowest BCUT2D eigenvalue weighted by Gasteiger charge is -2.31. The number of carbonyl (C=O) groups excluding carboxylic acids is 1. The second kappa shape index (κ2) is 8.19. The Balaban J connectivity index is 1.53. The zero-order chi connectivity index (χ0) is 18.7. The van der Waals surface area contributed by atoms with Crippen LogP contribution in [0.1, 0.15) is 29.5 Å². The average molecular weight is 375 g/mol. The molecule has 1 fully saturated rings. The number of piperidine rings is 1. The van der Waals surface area contributed by atoms with E-state index in [0.717, 1.165) is 37.2 Å². The van der Waals surface area contributed by atoms with Crippen molar-refractivity contribution in [1.29, 1.82) is 0 Å². The van der Waals surface area contributed by atoms with Crippen LogP contribution in [0, 0.1) is 25.6 Å². The molecule has 138 valence electrons. The van der Waals surface area contributed by atoms with Gasteiger partial charge in [-0.1, -0.05) is 35.4 Å². The fraction of sp³-hybridized carbons (Fsp3) is 0.381. The van der Waals surface area contributed by atoms with Crippen LogP contribution < -0.4 is 5.32 Å². The molecule has 1 heterocycles. The lowest BCUT2D eigenvalue weighted by molar-refractivity contribution is -0.121. The Morgan fingerprint density at radius 1 is 1.19 bits per heavy atom. The molecule has 1 aliphatic heterocycles. The summed E-state index contributed by atoms with van der Waals surface area (Å²) in [5.74, 6) is -0.191. The van der Waals surface area contributed by atoms with E-state index in [1.165, 1.54) is 11.6 Å². The summed E-state index contributed by atoms with van der Waals surface area (Å²) in [7, 11) is 0. The van der Waals surface area contributed by atoms with Crippen molar-refractivity contribution < 1.29 is 9.18 Å². The van der Waals surface area contributed by atoms with Crippen molar-refractivity contribution in [2.45, 2.75) is 33.2 Å². The summed E-state index contributed by atoms with van der Waals surface area (Å²) in [5.41, 5.74) is 3.79. The molecule has 1 N–H and O–H groups in total. The molecule has 3 rings (SSSR count). The molecule has 0 spiro atoms. The van der Waals surface area contributed by atoms with Crippen molar-refractivity contribution >= 4 is 23.2 Å². The molecule has 3 nitrogen and oxygen atoms in total. The topological polar surface area (TPSA) is 32.3 Å². The number of nitrogens with one attached hydrogen (secondary N) is 1. The summed E-state index contributed by atoms with van der Waals surface area (Å²) in [4.78, 5) is 14.7. The zero-order valence-corrected chi connectivity index (χ0v) is 15.9. The molecule has 26 heavy (non-hydrogen) atoms. The number of aryl methyl sites for hydroxylation is 2. The minimum atomic E-state index is -0.271. The summed E-state index contributed by atoms with van der Waals surface area (Å²) in [5, 5.41) is 3.47. The van der Waals surface area contributed by atoms with Crippen molar-refractivity contribution in [1.82, 2.24) is 4.90 Å². The molecule has 1 aliphatic rings. The van der Waals surface area contributed by atoms with Crippen LogP contribution in [-0.2, 0) is 11.3 Å². The minimum absolute atomic E-state index is 0.00187. The van der Waals surface area contributed by atoms with Gasteiger partial charge in [0.1, 0.15) is 5.82 Å². The average Bonchev–Trinajstić information content (AvgIpc) is 2.60. The zero-order valence-electron chi connectivity index (χ0n) is 15.2. The molecule has 0 atom stereocenters. The normalized spacial score (nSPS) is 15.8. The van der Waals surface area contributed by atoms with Crippen LogP contribution in [0.5, 0.6) is 0 Å². The number of halogens is 2. The molecule has 0 bridgehead atoms. The van der Waals surface area contributed by atoms with E-state index >= 15 is 0 Å². The molecule has 0 unspecified atom stereocenters. The smallest absolute Gasteiger partial charge is 0.227 e. The number of anilines is 1. The first-order valence-corrected chi connectivity index (χ1v) is 9.34. The molecular weight excluding hydrogens is 351 g/mol. The first kappa shape index (κ1) is 18.9. The van der Waals surface area contributed by atoms with Gasteiger partial charge in [-0.3, -0.25) is 9.69 Å². The van der Waals surface area contributed by atoms with E-state index in [9.17, 15) is 9.18 Å². The predicted molar refractivity (Wildman–Crippen MR) is 104 cm³/mol. The Hall–Kier alpha value is -1.91. The van der Waals surface area contributed by atoms with E-state index in [-0.39, 0.29) is 17.6 Å². The molecule has 1 saturated heterocycles. The van der Waals surface area contributed by atoms with Crippen LogP contribution >= 0.6 is 11.6 Å². The maximum atomic E-state index is 13.9. The summed E-state index contributed by atoms with van der Waals surface area (Å²) in [6.45, 7) is 6.16.